The molecule has 0 fully saturated rings. The van der Waals surface area contributed by atoms with Gasteiger partial charge < -0.3 is 4.42 Å². The van der Waals surface area contributed by atoms with Gasteiger partial charge >= 0.3 is 0 Å². The fourth-order valence-corrected chi connectivity index (χ4v) is 1.36. The van der Waals surface area contributed by atoms with Gasteiger partial charge in [-0.15, -0.1) is 0 Å². The molecule has 0 bridgehead atoms. The molecule has 0 aromatic carbocycles. The van der Waals surface area contributed by atoms with Crippen molar-refractivity contribution >= 4 is 11.8 Å². The molecular formula is C12H12N4O3. The number of amides is 2. The molecule has 0 spiro atoms. The average molecular weight is 260 g/mol. The molecule has 7 heteroatoms. The summed E-state index contributed by atoms with van der Waals surface area (Å²) in [5, 5.41) is 0. The second kappa shape index (κ2) is 6.29. The van der Waals surface area contributed by atoms with Crippen molar-refractivity contribution in [3.05, 3.63) is 48.4 Å². The van der Waals surface area contributed by atoms with Crippen molar-refractivity contribution in [1.29, 1.82) is 0 Å². The standard InChI is InChI=1S/C12H12N4O3/c17-11(4-3-9-2-1-7-19-9)15-16-12(18)10-8-13-5-6-14-10/h1-2,5-8H,3-4H2,(H,15,17)(H,16,18). The smallest absolute Gasteiger partial charge is 0.289 e. The van der Waals surface area contributed by atoms with Gasteiger partial charge in [-0.25, -0.2) is 4.98 Å². The number of carbonyl (C=O) groups is 2. The normalized spacial score (nSPS) is 9.89. The number of nitrogens with zero attached hydrogens (tertiary/aromatic N) is 2. The van der Waals surface area contributed by atoms with Crippen molar-refractivity contribution in [1.82, 2.24) is 20.8 Å². The largest absolute Gasteiger partial charge is 0.469 e. The highest BCUT2D eigenvalue weighted by molar-refractivity contribution is 5.93. The van der Waals surface area contributed by atoms with Crippen molar-refractivity contribution in [2.45, 2.75) is 12.8 Å². The number of carbonyl (C=O) groups excluding carboxylic acids is 2. The van der Waals surface area contributed by atoms with E-state index in [-0.39, 0.29) is 18.0 Å². The lowest BCUT2D eigenvalue weighted by molar-refractivity contribution is -0.121. The van der Waals surface area contributed by atoms with E-state index >= 15 is 0 Å². The highest BCUT2D eigenvalue weighted by Crippen LogP contribution is 2.02. The summed E-state index contributed by atoms with van der Waals surface area (Å²) in [6.07, 6.45) is 6.40. The maximum atomic E-state index is 11.5. The Kier molecular flexibility index (Phi) is 4.22. The Morgan fingerprint density at radius 1 is 1.26 bits per heavy atom. The minimum absolute atomic E-state index is 0.133. The highest BCUT2D eigenvalue weighted by Gasteiger charge is 2.08. The molecule has 0 aliphatic carbocycles. The van der Waals surface area contributed by atoms with Crippen LogP contribution in [0.4, 0.5) is 0 Å². The SMILES string of the molecule is O=C(CCc1ccco1)NNC(=O)c1cnccn1. The first-order valence-electron chi connectivity index (χ1n) is 5.63. The van der Waals surface area contributed by atoms with Crippen molar-refractivity contribution < 1.29 is 14.0 Å². The summed E-state index contributed by atoms with van der Waals surface area (Å²) in [7, 11) is 0. The summed E-state index contributed by atoms with van der Waals surface area (Å²) < 4.78 is 5.09. The van der Waals surface area contributed by atoms with E-state index in [2.05, 4.69) is 20.8 Å². The first-order valence-corrected chi connectivity index (χ1v) is 5.63. The quantitative estimate of drug-likeness (QED) is 0.778. The van der Waals surface area contributed by atoms with E-state index in [9.17, 15) is 9.59 Å². The Labute approximate surface area is 109 Å². The van der Waals surface area contributed by atoms with Gasteiger partial charge in [-0.1, -0.05) is 0 Å². The molecular weight excluding hydrogens is 248 g/mol. The van der Waals surface area contributed by atoms with E-state index in [0.29, 0.717) is 6.42 Å². The number of aryl methyl sites for hydroxylation is 1. The number of hydrogen-bond acceptors (Lipinski definition) is 5. The Hall–Kier alpha value is -2.70. The van der Waals surface area contributed by atoms with Gasteiger partial charge in [-0.2, -0.15) is 0 Å². The molecule has 0 aliphatic rings. The minimum atomic E-state index is -0.514. The zero-order chi connectivity index (χ0) is 13.5. The fraction of sp³-hybridized carbons (Fsp3) is 0.167. The number of nitrogens with one attached hydrogen (secondary N) is 2. The highest BCUT2D eigenvalue weighted by atomic mass is 16.3. The van der Waals surface area contributed by atoms with Crippen LogP contribution >= 0.6 is 0 Å². The molecule has 2 aromatic heterocycles. The molecule has 19 heavy (non-hydrogen) atoms. The second-order valence-corrected chi connectivity index (χ2v) is 3.67. The van der Waals surface area contributed by atoms with E-state index < -0.39 is 5.91 Å². The van der Waals surface area contributed by atoms with Crippen LogP contribution in [0.25, 0.3) is 0 Å². The van der Waals surface area contributed by atoms with Crippen molar-refractivity contribution in [3.63, 3.8) is 0 Å². The van der Waals surface area contributed by atoms with Gasteiger partial charge in [0.15, 0.2) is 0 Å². The van der Waals surface area contributed by atoms with Crippen LogP contribution in [0, 0.1) is 0 Å². The average Bonchev–Trinajstić information content (AvgIpc) is 2.96. The number of hydrogen-bond donors (Lipinski definition) is 2. The predicted octanol–water partition coefficient (Wildman–Crippen LogP) is 0.463. The summed E-state index contributed by atoms with van der Waals surface area (Å²) in [6, 6.07) is 3.54. The number of aromatic nitrogens is 2. The molecule has 2 heterocycles. The summed E-state index contributed by atoms with van der Waals surface area (Å²) in [5.41, 5.74) is 4.69. The third kappa shape index (κ3) is 3.91. The van der Waals surface area contributed by atoms with E-state index in [0.717, 1.165) is 5.76 Å². The van der Waals surface area contributed by atoms with Crippen LogP contribution in [-0.4, -0.2) is 21.8 Å². The zero-order valence-electron chi connectivity index (χ0n) is 10.00. The lowest BCUT2D eigenvalue weighted by Crippen LogP contribution is -2.42. The predicted molar refractivity (Wildman–Crippen MR) is 64.7 cm³/mol. The molecule has 0 radical (unpaired) electrons. The Bertz CT molecular complexity index is 539. The first kappa shape index (κ1) is 12.7. The summed E-state index contributed by atoms with van der Waals surface area (Å²) in [5.74, 6) is -0.108. The zero-order valence-corrected chi connectivity index (χ0v) is 10.00. The van der Waals surface area contributed by atoms with Crippen LogP contribution in [0.5, 0.6) is 0 Å². The summed E-state index contributed by atoms with van der Waals surface area (Å²) in [6.45, 7) is 0. The number of rotatable bonds is 4. The van der Waals surface area contributed by atoms with Gasteiger partial charge in [-0.05, 0) is 12.1 Å². The van der Waals surface area contributed by atoms with Gasteiger partial charge in [0.2, 0.25) is 5.91 Å². The van der Waals surface area contributed by atoms with Gasteiger partial charge in [0.1, 0.15) is 11.5 Å². The molecule has 0 atom stereocenters. The third-order valence-electron chi connectivity index (χ3n) is 2.29. The molecule has 0 saturated heterocycles. The molecule has 0 saturated carbocycles. The Morgan fingerprint density at radius 2 is 2.16 bits per heavy atom. The number of hydrazine groups is 1. The fourth-order valence-electron chi connectivity index (χ4n) is 1.36. The van der Waals surface area contributed by atoms with Crippen molar-refractivity contribution in [3.8, 4) is 0 Å². The maximum Gasteiger partial charge on any atom is 0.289 e. The lowest BCUT2D eigenvalue weighted by atomic mass is 10.2. The molecule has 2 amide bonds. The van der Waals surface area contributed by atoms with E-state index in [1.807, 2.05) is 0 Å². The van der Waals surface area contributed by atoms with Crippen molar-refractivity contribution in [2.75, 3.05) is 0 Å². The van der Waals surface area contributed by atoms with E-state index in [1.165, 1.54) is 18.6 Å². The monoisotopic (exact) mass is 260 g/mol. The van der Waals surface area contributed by atoms with Crippen LogP contribution in [0.15, 0.2) is 41.4 Å². The summed E-state index contributed by atoms with van der Waals surface area (Å²) in [4.78, 5) is 30.6. The van der Waals surface area contributed by atoms with Gasteiger partial charge in [0.05, 0.1) is 12.5 Å². The number of furan rings is 1. The molecule has 2 rings (SSSR count). The molecule has 2 N–H and O–H groups in total. The Balaban J connectivity index is 1.73. The molecule has 0 aliphatic heterocycles. The van der Waals surface area contributed by atoms with E-state index in [4.69, 9.17) is 4.42 Å². The second-order valence-electron chi connectivity index (χ2n) is 3.67. The third-order valence-corrected chi connectivity index (χ3v) is 2.29. The topological polar surface area (TPSA) is 97.1 Å². The molecule has 0 unspecified atom stereocenters. The molecule has 98 valence electrons. The summed E-state index contributed by atoms with van der Waals surface area (Å²) >= 11 is 0. The lowest BCUT2D eigenvalue weighted by Gasteiger charge is -2.05. The molecule has 2 aromatic rings. The first-order chi connectivity index (χ1) is 9.25. The van der Waals surface area contributed by atoms with Crippen LogP contribution in [0.1, 0.15) is 22.7 Å². The van der Waals surface area contributed by atoms with Gasteiger partial charge in [-0.3, -0.25) is 25.4 Å². The minimum Gasteiger partial charge on any atom is -0.469 e. The van der Waals surface area contributed by atoms with Gasteiger partial charge in [0.25, 0.3) is 5.91 Å². The van der Waals surface area contributed by atoms with Crippen molar-refractivity contribution in [2.24, 2.45) is 0 Å². The van der Waals surface area contributed by atoms with Crippen LogP contribution in [-0.2, 0) is 11.2 Å². The molecule has 7 nitrogen and oxygen atoms in total. The van der Waals surface area contributed by atoms with Crippen LogP contribution in [0.3, 0.4) is 0 Å². The Morgan fingerprint density at radius 3 is 2.84 bits per heavy atom. The maximum absolute atomic E-state index is 11.5. The van der Waals surface area contributed by atoms with E-state index in [1.54, 1.807) is 18.4 Å². The van der Waals surface area contributed by atoms with Crippen LogP contribution < -0.4 is 10.9 Å². The van der Waals surface area contributed by atoms with Crippen LogP contribution in [0.2, 0.25) is 0 Å². The van der Waals surface area contributed by atoms with Gasteiger partial charge in [0, 0.05) is 25.2 Å².